The van der Waals surface area contributed by atoms with Crippen LogP contribution in [-0.2, 0) is 10.0 Å². The molecule has 0 spiro atoms. The van der Waals surface area contributed by atoms with Crippen molar-refractivity contribution in [2.75, 3.05) is 18.4 Å². The standard InChI is InChI=1S/C20H22ClFN2O3S/c1-13-9-14(2)12-24(11-13)28(26,27)17-6-3-15(4-7-17)20(25)23-19-8-5-16(21)10-18(19)22/h3-8,10,13-14H,9,11-12H2,1-2H3,(H,23,25)/t13-,14-/m1/s1. The number of sulfonamides is 1. The molecule has 3 rings (SSSR count). The molecule has 0 unspecified atom stereocenters. The molecule has 1 saturated heterocycles. The Balaban J connectivity index is 1.76. The van der Waals surface area contributed by atoms with Gasteiger partial charge in [0.25, 0.3) is 5.91 Å². The Kier molecular flexibility index (Phi) is 6.07. The predicted octanol–water partition coefficient (Wildman–Crippen LogP) is 4.40. The third kappa shape index (κ3) is 4.54. The Morgan fingerprint density at radius 3 is 2.29 bits per heavy atom. The first kappa shape index (κ1) is 20.8. The summed E-state index contributed by atoms with van der Waals surface area (Å²) in [4.78, 5) is 12.5. The number of hydrogen-bond donors (Lipinski definition) is 1. The predicted molar refractivity (Wildman–Crippen MR) is 108 cm³/mol. The molecule has 1 aliphatic heterocycles. The van der Waals surface area contributed by atoms with Crippen LogP contribution in [0.2, 0.25) is 5.02 Å². The van der Waals surface area contributed by atoms with Crippen LogP contribution in [0.1, 0.15) is 30.6 Å². The summed E-state index contributed by atoms with van der Waals surface area (Å²) >= 11 is 5.70. The fourth-order valence-corrected chi connectivity index (χ4v) is 5.35. The lowest BCUT2D eigenvalue weighted by Gasteiger charge is -2.34. The van der Waals surface area contributed by atoms with E-state index in [2.05, 4.69) is 5.32 Å². The third-order valence-corrected chi connectivity index (χ3v) is 6.85. The molecule has 28 heavy (non-hydrogen) atoms. The number of amides is 1. The number of nitrogens with zero attached hydrogens (tertiary/aromatic N) is 1. The maximum atomic E-state index is 13.8. The van der Waals surface area contributed by atoms with Crippen LogP contribution in [0.4, 0.5) is 10.1 Å². The molecule has 1 heterocycles. The Bertz CT molecular complexity index is 969. The molecule has 0 bridgehead atoms. The lowest BCUT2D eigenvalue weighted by Crippen LogP contribution is -2.42. The molecule has 8 heteroatoms. The van der Waals surface area contributed by atoms with Crippen molar-refractivity contribution in [3.63, 3.8) is 0 Å². The molecule has 1 aliphatic rings. The van der Waals surface area contributed by atoms with Gasteiger partial charge < -0.3 is 5.32 Å². The van der Waals surface area contributed by atoms with Gasteiger partial charge in [-0.1, -0.05) is 25.4 Å². The number of carbonyl (C=O) groups excluding carboxylic acids is 1. The van der Waals surface area contributed by atoms with Gasteiger partial charge in [0.1, 0.15) is 5.82 Å². The quantitative estimate of drug-likeness (QED) is 0.791. The highest BCUT2D eigenvalue weighted by Crippen LogP contribution is 2.27. The fraction of sp³-hybridized carbons (Fsp3) is 0.350. The van der Waals surface area contributed by atoms with Crippen LogP contribution in [0.25, 0.3) is 0 Å². The third-order valence-electron chi connectivity index (χ3n) is 4.77. The van der Waals surface area contributed by atoms with Crippen LogP contribution in [0.3, 0.4) is 0 Å². The van der Waals surface area contributed by atoms with Gasteiger partial charge in [-0.2, -0.15) is 4.31 Å². The number of hydrogen-bond acceptors (Lipinski definition) is 3. The molecule has 0 aromatic heterocycles. The lowest BCUT2D eigenvalue weighted by atomic mass is 9.94. The van der Waals surface area contributed by atoms with E-state index in [1.54, 1.807) is 0 Å². The topological polar surface area (TPSA) is 66.5 Å². The summed E-state index contributed by atoms with van der Waals surface area (Å²) in [5, 5.41) is 2.68. The first-order chi connectivity index (χ1) is 13.2. The number of anilines is 1. The summed E-state index contributed by atoms with van der Waals surface area (Å²) in [6.45, 7) is 5.07. The van der Waals surface area contributed by atoms with Gasteiger partial charge in [0.05, 0.1) is 10.6 Å². The van der Waals surface area contributed by atoms with Crippen molar-refractivity contribution in [2.24, 2.45) is 11.8 Å². The SMILES string of the molecule is C[C@@H]1C[C@@H](C)CN(S(=O)(=O)c2ccc(C(=O)Nc3ccc(Cl)cc3F)cc2)C1. The lowest BCUT2D eigenvalue weighted by molar-refractivity contribution is 0.102. The smallest absolute Gasteiger partial charge is 0.255 e. The van der Waals surface area contributed by atoms with Crippen molar-refractivity contribution in [1.29, 1.82) is 0 Å². The molecular weight excluding hydrogens is 403 g/mol. The van der Waals surface area contributed by atoms with Crippen LogP contribution in [-0.4, -0.2) is 31.7 Å². The second-order valence-corrected chi connectivity index (χ2v) is 9.75. The monoisotopic (exact) mass is 424 g/mol. The van der Waals surface area contributed by atoms with Crippen LogP contribution in [0.5, 0.6) is 0 Å². The minimum Gasteiger partial charge on any atom is -0.319 e. The summed E-state index contributed by atoms with van der Waals surface area (Å²) in [6.07, 6.45) is 1.01. The number of rotatable bonds is 4. The zero-order chi connectivity index (χ0) is 20.5. The number of nitrogens with one attached hydrogen (secondary N) is 1. The summed E-state index contributed by atoms with van der Waals surface area (Å²) in [7, 11) is -3.61. The van der Waals surface area contributed by atoms with E-state index in [4.69, 9.17) is 11.6 Å². The van der Waals surface area contributed by atoms with Gasteiger partial charge in [-0.05, 0) is 60.7 Å². The number of benzene rings is 2. The maximum Gasteiger partial charge on any atom is 0.255 e. The van der Waals surface area contributed by atoms with E-state index in [1.165, 1.54) is 40.7 Å². The molecule has 2 aromatic carbocycles. The zero-order valence-electron chi connectivity index (χ0n) is 15.7. The van der Waals surface area contributed by atoms with E-state index in [9.17, 15) is 17.6 Å². The molecule has 0 saturated carbocycles. The minimum absolute atomic E-state index is 0.00221. The Labute approximate surface area is 169 Å². The highest BCUT2D eigenvalue weighted by atomic mass is 35.5. The first-order valence-electron chi connectivity index (χ1n) is 9.03. The normalized spacial score (nSPS) is 20.7. The van der Waals surface area contributed by atoms with E-state index >= 15 is 0 Å². The van der Waals surface area contributed by atoms with Gasteiger partial charge >= 0.3 is 0 Å². The molecule has 0 aliphatic carbocycles. The first-order valence-corrected chi connectivity index (χ1v) is 10.8. The molecule has 5 nitrogen and oxygen atoms in total. The number of carbonyl (C=O) groups is 1. The highest BCUT2D eigenvalue weighted by molar-refractivity contribution is 7.89. The summed E-state index contributed by atoms with van der Waals surface area (Å²) in [5.41, 5.74) is 0.232. The van der Waals surface area contributed by atoms with Gasteiger partial charge in [-0.25, -0.2) is 12.8 Å². The van der Waals surface area contributed by atoms with Crippen molar-refractivity contribution in [3.8, 4) is 0 Å². The van der Waals surface area contributed by atoms with E-state index in [-0.39, 0.29) is 21.2 Å². The molecule has 1 N–H and O–H groups in total. The summed E-state index contributed by atoms with van der Waals surface area (Å²) in [6, 6.07) is 9.61. The fourth-order valence-electron chi connectivity index (χ4n) is 3.51. The molecule has 1 fully saturated rings. The summed E-state index contributed by atoms with van der Waals surface area (Å²) in [5.74, 6) is -0.575. The zero-order valence-corrected chi connectivity index (χ0v) is 17.2. The molecule has 150 valence electrons. The van der Waals surface area contributed by atoms with E-state index in [1.807, 2.05) is 13.8 Å². The van der Waals surface area contributed by atoms with Crippen LogP contribution < -0.4 is 5.32 Å². The molecule has 1 amide bonds. The van der Waals surface area contributed by atoms with Crippen molar-refractivity contribution >= 4 is 33.2 Å². The largest absolute Gasteiger partial charge is 0.319 e. The molecule has 2 aromatic rings. The second-order valence-electron chi connectivity index (χ2n) is 7.37. The van der Waals surface area contributed by atoms with Crippen molar-refractivity contribution in [2.45, 2.75) is 25.2 Å². The van der Waals surface area contributed by atoms with Gasteiger partial charge in [0, 0.05) is 23.7 Å². The number of halogens is 2. The van der Waals surface area contributed by atoms with Crippen LogP contribution in [0.15, 0.2) is 47.4 Å². The van der Waals surface area contributed by atoms with Crippen molar-refractivity contribution < 1.29 is 17.6 Å². The van der Waals surface area contributed by atoms with Crippen molar-refractivity contribution in [1.82, 2.24) is 4.31 Å². The van der Waals surface area contributed by atoms with Crippen LogP contribution in [0, 0.1) is 17.7 Å². The summed E-state index contributed by atoms with van der Waals surface area (Å²) < 4.78 is 41.1. The van der Waals surface area contributed by atoms with E-state index in [0.717, 1.165) is 12.5 Å². The minimum atomic E-state index is -3.61. The van der Waals surface area contributed by atoms with E-state index in [0.29, 0.717) is 24.9 Å². The van der Waals surface area contributed by atoms with Gasteiger partial charge in [0.15, 0.2) is 0 Å². The van der Waals surface area contributed by atoms with Gasteiger partial charge in [0.2, 0.25) is 10.0 Å². The number of piperidine rings is 1. The molecule has 2 atom stereocenters. The Morgan fingerprint density at radius 1 is 1.11 bits per heavy atom. The highest BCUT2D eigenvalue weighted by Gasteiger charge is 2.31. The maximum absolute atomic E-state index is 13.8. The Hall–Kier alpha value is -1.96. The molecule has 0 radical (unpaired) electrons. The van der Waals surface area contributed by atoms with E-state index < -0.39 is 21.7 Å². The Morgan fingerprint density at radius 2 is 1.71 bits per heavy atom. The average molecular weight is 425 g/mol. The van der Waals surface area contributed by atoms with Crippen molar-refractivity contribution in [3.05, 3.63) is 58.9 Å². The molecular formula is C20H22ClFN2O3S. The van der Waals surface area contributed by atoms with Crippen LogP contribution >= 0.6 is 11.6 Å². The van der Waals surface area contributed by atoms with Gasteiger partial charge in [-0.3, -0.25) is 4.79 Å². The second kappa shape index (κ2) is 8.19. The average Bonchev–Trinajstić information content (AvgIpc) is 2.63. The van der Waals surface area contributed by atoms with Gasteiger partial charge in [-0.15, -0.1) is 0 Å².